The van der Waals surface area contributed by atoms with E-state index in [-0.39, 0.29) is 18.4 Å². The number of aliphatic carboxylic acids is 1. The van der Waals surface area contributed by atoms with Crippen molar-refractivity contribution in [1.29, 1.82) is 0 Å². The number of carboxylic acid groups (broad SMARTS) is 1. The summed E-state index contributed by atoms with van der Waals surface area (Å²) in [6.45, 7) is 3.83. The lowest BCUT2D eigenvalue weighted by atomic mass is 10.1. The summed E-state index contributed by atoms with van der Waals surface area (Å²) in [5, 5.41) is 11.5. The monoisotopic (exact) mass is 357 g/mol. The molecule has 0 aliphatic rings. The minimum Gasteiger partial charge on any atom is -0.493 e. The topological polar surface area (TPSA) is 84.9 Å². The number of benzene rings is 2. The van der Waals surface area contributed by atoms with E-state index >= 15 is 0 Å². The molecule has 0 fully saturated rings. The fourth-order valence-corrected chi connectivity index (χ4v) is 2.37. The zero-order valence-corrected chi connectivity index (χ0v) is 15.1. The first-order valence-corrected chi connectivity index (χ1v) is 8.36. The molecule has 2 aromatic rings. The third-order valence-corrected chi connectivity index (χ3v) is 3.63. The first kappa shape index (κ1) is 19.3. The van der Waals surface area contributed by atoms with Crippen molar-refractivity contribution in [2.75, 3.05) is 12.4 Å². The summed E-state index contributed by atoms with van der Waals surface area (Å²) in [5.74, 6) is -0.0175. The maximum absolute atomic E-state index is 12.4. The van der Waals surface area contributed by atoms with E-state index in [1.54, 1.807) is 42.5 Å². The van der Waals surface area contributed by atoms with Crippen LogP contribution in [0.5, 0.6) is 11.5 Å². The molecule has 2 aromatic carbocycles. The summed E-state index contributed by atoms with van der Waals surface area (Å²) in [4.78, 5) is 23.0. The number of nitrogens with one attached hydrogen (secondary N) is 1. The van der Waals surface area contributed by atoms with Crippen molar-refractivity contribution in [3.05, 3.63) is 53.6 Å². The highest BCUT2D eigenvalue weighted by Gasteiger charge is 2.12. The summed E-state index contributed by atoms with van der Waals surface area (Å²) in [5.41, 5.74) is 1.99. The van der Waals surface area contributed by atoms with Crippen molar-refractivity contribution in [3.8, 4) is 11.5 Å². The van der Waals surface area contributed by atoms with Crippen molar-refractivity contribution >= 4 is 17.6 Å². The highest BCUT2D eigenvalue weighted by molar-refractivity contribution is 6.04. The fourth-order valence-electron chi connectivity index (χ4n) is 2.37. The van der Waals surface area contributed by atoms with Gasteiger partial charge in [0.05, 0.1) is 13.2 Å². The number of methoxy groups -OCH3 is 1. The van der Waals surface area contributed by atoms with Gasteiger partial charge in [0.25, 0.3) is 5.91 Å². The van der Waals surface area contributed by atoms with E-state index in [1.165, 1.54) is 7.11 Å². The molecule has 0 saturated carbocycles. The van der Waals surface area contributed by atoms with Gasteiger partial charge in [0.15, 0.2) is 11.5 Å². The Morgan fingerprint density at radius 2 is 1.77 bits per heavy atom. The van der Waals surface area contributed by atoms with Crippen LogP contribution >= 0.6 is 0 Å². The molecular formula is C20H23NO5. The summed E-state index contributed by atoms with van der Waals surface area (Å²) < 4.78 is 10.9. The lowest BCUT2D eigenvalue weighted by molar-refractivity contribution is -0.136. The quantitative estimate of drug-likeness (QED) is 0.751. The van der Waals surface area contributed by atoms with Crippen molar-refractivity contribution in [1.82, 2.24) is 0 Å². The standard InChI is InChI=1S/C20H23NO5/c1-13(2)26-17-10-7-15(12-18(17)25-3)20(24)21-16-8-4-14(5-9-16)6-11-19(22)23/h4-5,7-10,12-13H,6,11H2,1-3H3,(H,21,24)(H,22,23). The molecule has 0 unspecified atom stereocenters. The van der Waals surface area contributed by atoms with Crippen LogP contribution < -0.4 is 14.8 Å². The minimum absolute atomic E-state index is 0.00298. The van der Waals surface area contributed by atoms with Crippen LogP contribution in [0.25, 0.3) is 0 Å². The summed E-state index contributed by atoms with van der Waals surface area (Å²) in [6.07, 6.45) is 0.539. The Hall–Kier alpha value is -3.02. The van der Waals surface area contributed by atoms with Crippen LogP contribution in [-0.2, 0) is 11.2 Å². The predicted octanol–water partition coefficient (Wildman–Crippen LogP) is 3.75. The van der Waals surface area contributed by atoms with Gasteiger partial charge in [0.2, 0.25) is 0 Å². The molecule has 0 bridgehead atoms. The zero-order valence-electron chi connectivity index (χ0n) is 15.1. The smallest absolute Gasteiger partial charge is 0.303 e. The number of hydrogen-bond donors (Lipinski definition) is 2. The van der Waals surface area contributed by atoms with Crippen LogP contribution in [0.15, 0.2) is 42.5 Å². The fraction of sp³-hybridized carbons (Fsp3) is 0.300. The summed E-state index contributed by atoms with van der Waals surface area (Å²) in [6, 6.07) is 12.1. The van der Waals surface area contributed by atoms with Crippen LogP contribution in [0.1, 0.15) is 36.2 Å². The van der Waals surface area contributed by atoms with E-state index in [2.05, 4.69) is 5.32 Å². The van der Waals surface area contributed by atoms with Gasteiger partial charge >= 0.3 is 5.97 Å². The van der Waals surface area contributed by atoms with Gasteiger partial charge in [-0.2, -0.15) is 0 Å². The molecule has 0 heterocycles. The molecule has 2 N–H and O–H groups in total. The molecule has 0 aromatic heterocycles. The molecule has 0 radical (unpaired) electrons. The number of aryl methyl sites for hydroxylation is 1. The average Bonchev–Trinajstić information content (AvgIpc) is 2.60. The number of carbonyl (C=O) groups excluding carboxylic acids is 1. The van der Waals surface area contributed by atoms with Crippen LogP contribution in [0.3, 0.4) is 0 Å². The number of hydrogen-bond acceptors (Lipinski definition) is 4. The third kappa shape index (κ3) is 5.51. The first-order valence-electron chi connectivity index (χ1n) is 8.36. The van der Waals surface area contributed by atoms with E-state index in [4.69, 9.17) is 14.6 Å². The lowest BCUT2D eigenvalue weighted by Crippen LogP contribution is -2.13. The number of amides is 1. The Kier molecular flexibility index (Phi) is 6.60. The van der Waals surface area contributed by atoms with E-state index < -0.39 is 5.97 Å². The van der Waals surface area contributed by atoms with Gasteiger partial charge in [-0.3, -0.25) is 9.59 Å². The van der Waals surface area contributed by atoms with Gasteiger partial charge in [-0.25, -0.2) is 0 Å². The summed E-state index contributed by atoms with van der Waals surface area (Å²) >= 11 is 0. The molecule has 0 saturated heterocycles. The Bertz CT molecular complexity index is 768. The maximum Gasteiger partial charge on any atom is 0.303 e. The number of carboxylic acids is 1. The Balaban J connectivity index is 2.06. The number of ether oxygens (including phenoxy) is 2. The molecule has 0 aliphatic carbocycles. The molecule has 138 valence electrons. The van der Waals surface area contributed by atoms with Crippen molar-refractivity contribution in [2.45, 2.75) is 32.8 Å². The first-order chi connectivity index (χ1) is 12.4. The van der Waals surface area contributed by atoms with Crippen LogP contribution in [0, 0.1) is 0 Å². The van der Waals surface area contributed by atoms with Gasteiger partial charge in [-0.1, -0.05) is 12.1 Å². The molecule has 0 aliphatic heterocycles. The van der Waals surface area contributed by atoms with E-state index in [0.717, 1.165) is 5.56 Å². The molecule has 0 spiro atoms. The van der Waals surface area contributed by atoms with Crippen LogP contribution in [0.2, 0.25) is 0 Å². The largest absolute Gasteiger partial charge is 0.493 e. The zero-order chi connectivity index (χ0) is 19.1. The van der Waals surface area contributed by atoms with E-state index in [0.29, 0.717) is 29.2 Å². The van der Waals surface area contributed by atoms with Crippen LogP contribution in [-0.4, -0.2) is 30.2 Å². The van der Waals surface area contributed by atoms with Crippen molar-refractivity contribution in [3.63, 3.8) is 0 Å². The molecule has 6 heteroatoms. The number of anilines is 1. The van der Waals surface area contributed by atoms with Gasteiger partial charge < -0.3 is 19.9 Å². The van der Waals surface area contributed by atoms with E-state index in [1.807, 2.05) is 13.8 Å². The second-order valence-electron chi connectivity index (χ2n) is 6.08. The van der Waals surface area contributed by atoms with Gasteiger partial charge in [-0.05, 0) is 56.2 Å². The number of rotatable bonds is 8. The van der Waals surface area contributed by atoms with Crippen LogP contribution in [0.4, 0.5) is 5.69 Å². The second kappa shape index (κ2) is 8.89. The molecular weight excluding hydrogens is 334 g/mol. The highest BCUT2D eigenvalue weighted by Crippen LogP contribution is 2.29. The summed E-state index contributed by atoms with van der Waals surface area (Å²) in [7, 11) is 1.53. The molecule has 6 nitrogen and oxygen atoms in total. The maximum atomic E-state index is 12.4. The van der Waals surface area contributed by atoms with Crippen molar-refractivity contribution in [2.24, 2.45) is 0 Å². The number of carbonyl (C=O) groups is 2. The average molecular weight is 357 g/mol. The second-order valence-corrected chi connectivity index (χ2v) is 6.08. The normalized spacial score (nSPS) is 10.5. The van der Waals surface area contributed by atoms with E-state index in [9.17, 15) is 9.59 Å². The van der Waals surface area contributed by atoms with Gasteiger partial charge in [0, 0.05) is 17.7 Å². The molecule has 1 amide bonds. The SMILES string of the molecule is COc1cc(C(=O)Nc2ccc(CCC(=O)O)cc2)ccc1OC(C)C. The molecule has 0 atom stereocenters. The van der Waals surface area contributed by atoms with Gasteiger partial charge in [-0.15, -0.1) is 0 Å². The Morgan fingerprint density at radius 1 is 1.08 bits per heavy atom. The van der Waals surface area contributed by atoms with Crippen molar-refractivity contribution < 1.29 is 24.2 Å². The predicted molar refractivity (Wildman–Crippen MR) is 99.1 cm³/mol. The van der Waals surface area contributed by atoms with Gasteiger partial charge in [0.1, 0.15) is 0 Å². The lowest BCUT2D eigenvalue weighted by Gasteiger charge is -2.14. The molecule has 2 rings (SSSR count). The molecule has 26 heavy (non-hydrogen) atoms. The highest BCUT2D eigenvalue weighted by atomic mass is 16.5. The Morgan fingerprint density at radius 3 is 2.35 bits per heavy atom. The minimum atomic E-state index is -0.832. The third-order valence-electron chi connectivity index (χ3n) is 3.63. The Labute approximate surface area is 152 Å².